The molecule has 0 aromatic carbocycles. The van der Waals surface area contributed by atoms with Gasteiger partial charge in [0.25, 0.3) is 5.91 Å². The van der Waals surface area contributed by atoms with Crippen LogP contribution in [0.5, 0.6) is 0 Å². The number of hydrogen-bond acceptors (Lipinski definition) is 6. The van der Waals surface area contributed by atoms with Crippen LogP contribution in [0.2, 0.25) is 4.34 Å². The molecule has 158 valence electrons. The van der Waals surface area contributed by atoms with Gasteiger partial charge in [0, 0.05) is 18.6 Å². The molecule has 0 atom stereocenters. The number of rotatable bonds is 9. The highest BCUT2D eigenvalue weighted by Gasteiger charge is 2.34. The zero-order valence-corrected chi connectivity index (χ0v) is 18.4. The van der Waals surface area contributed by atoms with Gasteiger partial charge in [-0.05, 0) is 51.9 Å². The first-order valence-electron chi connectivity index (χ1n) is 9.15. The van der Waals surface area contributed by atoms with Crippen molar-refractivity contribution in [3.05, 3.63) is 21.3 Å². The molecule has 0 saturated carbocycles. The number of piperidine rings is 1. The summed E-state index contributed by atoms with van der Waals surface area (Å²) in [7, 11) is -3.75. The third-order valence-corrected chi connectivity index (χ3v) is 7.84. The number of sulfonamides is 1. The molecule has 1 aliphatic rings. The van der Waals surface area contributed by atoms with E-state index in [1.54, 1.807) is 12.1 Å². The van der Waals surface area contributed by atoms with Gasteiger partial charge in [0.1, 0.15) is 0 Å². The fourth-order valence-electron chi connectivity index (χ4n) is 3.23. The molecule has 2 rings (SSSR count). The van der Waals surface area contributed by atoms with Crippen molar-refractivity contribution >= 4 is 44.8 Å². The van der Waals surface area contributed by atoms with Crippen LogP contribution >= 0.6 is 22.9 Å². The molecule has 3 N–H and O–H groups in total. The molecular weight excluding hydrogens is 424 g/mol. The van der Waals surface area contributed by atoms with E-state index in [4.69, 9.17) is 17.3 Å². The lowest BCUT2D eigenvalue weighted by atomic mass is 10.0. The fourth-order valence-corrected chi connectivity index (χ4v) is 5.78. The lowest BCUT2D eigenvalue weighted by Crippen LogP contribution is -2.52. The van der Waals surface area contributed by atoms with Crippen LogP contribution in [0, 0.1) is 0 Å². The Hall–Kier alpha value is -1.20. The van der Waals surface area contributed by atoms with Crippen molar-refractivity contribution in [2.75, 3.05) is 31.9 Å². The monoisotopic (exact) mass is 450 g/mol. The molecule has 0 spiro atoms. The second-order valence-electron chi connectivity index (χ2n) is 7.05. The van der Waals surface area contributed by atoms with Gasteiger partial charge in [0.15, 0.2) is 0 Å². The molecule has 1 aromatic rings. The standard InChI is InChI=1S/C17H27ClN4O4S2/c1-12(2)21-8-5-13(6-9-21)22(11-16(19)23)28(25,26)10-7-20-17(24)14-3-4-15(18)27-14/h3-4,12-13H,5-11H2,1-2H3,(H2,19,23)(H,20,24). The molecule has 11 heteroatoms. The lowest BCUT2D eigenvalue weighted by molar-refractivity contribution is -0.118. The Balaban J connectivity index is 1.97. The molecule has 2 heterocycles. The molecule has 1 saturated heterocycles. The molecule has 28 heavy (non-hydrogen) atoms. The van der Waals surface area contributed by atoms with Crippen LogP contribution in [0.1, 0.15) is 36.4 Å². The highest BCUT2D eigenvalue weighted by atomic mass is 35.5. The van der Waals surface area contributed by atoms with Crippen molar-refractivity contribution in [2.24, 2.45) is 5.73 Å². The summed E-state index contributed by atoms with van der Waals surface area (Å²) in [6.45, 7) is 5.33. The van der Waals surface area contributed by atoms with Crippen LogP contribution in [-0.4, -0.2) is 73.5 Å². The maximum Gasteiger partial charge on any atom is 0.261 e. The van der Waals surface area contributed by atoms with Crippen LogP contribution in [0.25, 0.3) is 0 Å². The summed E-state index contributed by atoms with van der Waals surface area (Å²) in [5.74, 6) is -1.36. The number of nitrogens with zero attached hydrogens (tertiary/aromatic N) is 2. The van der Waals surface area contributed by atoms with Gasteiger partial charge in [-0.2, -0.15) is 4.31 Å². The highest BCUT2D eigenvalue weighted by Crippen LogP contribution is 2.22. The normalized spacial score (nSPS) is 16.6. The van der Waals surface area contributed by atoms with Gasteiger partial charge < -0.3 is 16.0 Å². The first kappa shape index (κ1) is 23.1. The molecule has 0 aliphatic carbocycles. The van der Waals surface area contributed by atoms with Gasteiger partial charge in [0.2, 0.25) is 15.9 Å². The highest BCUT2D eigenvalue weighted by molar-refractivity contribution is 7.89. The van der Waals surface area contributed by atoms with Crippen LogP contribution in [0.3, 0.4) is 0 Å². The Morgan fingerprint density at radius 2 is 2.00 bits per heavy atom. The molecule has 2 amide bonds. The van der Waals surface area contributed by atoms with Crippen LogP contribution in [-0.2, 0) is 14.8 Å². The number of nitrogens with two attached hydrogens (primary N) is 1. The second-order valence-corrected chi connectivity index (χ2v) is 10.8. The number of likely N-dealkylation sites (tertiary alicyclic amines) is 1. The van der Waals surface area contributed by atoms with E-state index in [-0.39, 0.29) is 30.8 Å². The molecule has 0 radical (unpaired) electrons. The number of nitrogens with one attached hydrogen (secondary N) is 1. The van der Waals surface area contributed by atoms with E-state index in [0.717, 1.165) is 24.4 Å². The van der Waals surface area contributed by atoms with Gasteiger partial charge in [-0.25, -0.2) is 8.42 Å². The fraction of sp³-hybridized carbons (Fsp3) is 0.647. The third kappa shape index (κ3) is 6.41. The predicted molar refractivity (Wildman–Crippen MR) is 111 cm³/mol. The molecule has 0 unspecified atom stereocenters. The second kappa shape index (κ2) is 10.0. The summed E-state index contributed by atoms with van der Waals surface area (Å²) in [5, 5.41) is 2.58. The Bertz CT molecular complexity index is 789. The minimum absolute atomic E-state index is 0.0587. The minimum Gasteiger partial charge on any atom is -0.369 e. The van der Waals surface area contributed by atoms with Crippen molar-refractivity contribution in [1.29, 1.82) is 0 Å². The van der Waals surface area contributed by atoms with Gasteiger partial charge in [-0.15, -0.1) is 11.3 Å². The zero-order chi connectivity index (χ0) is 20.9. The number of primary amides is 1. The van der Waals surface area contributed by atoms with Crippen molar-refractivity contribution in [3.8, 4) is 0 Å². The summed E-state index contributed by atoms with van der Waals surface area (Å²) in [6, 6.07) is 3.32. The summed E-state index contributed by atoms with van der Waals surface area (Å²) in [6.07, 6.45) is 1.29. The average molecular weight is 451 g/mol. The molecule has 1 fully saturated rings. The summed E-state index contributed by atoms with van der Waals surface area (Å²) >= 11 is 6.93. The Morgan fingerprint density at radius 3 is 2.50 bits per heavy atom. The molecule has 1 aliphatic heterocycles. The smallest absolute Gasteiger partial charge is 0.261 e. The third-order valence-electron chi connectivity index (χ3n) is 4.75. The molecule has 8 nitrogen and oxygen atoms in total. The quantitative estimate of drug-likeness (QED) is 0.585. The maximum atomic E-state index is 12.8. The topological polar surface area (TPSA) is 113 Å². The number of hydrogen-bond donors (Lipinski definition) is 2. The summed E-state index contributed by atoms with van der Waals surface area (Å²) in [5.41, 5.74) is 5.29. The largest absolute Gasteiger partial charge is 0.369 e. The van der Waals surface area contributed by atoms with Gasteiger partial charge in [-0.1, -0.05) is 11.6 Å². The number of carbonyl (C=O) groups is 2. The number of thiophene rings is 1. The zero-order valence-electron chi connectivity index (χ0n) is 16.1. The first-order valence-corrected chi connectivity index (χ1v) is 12.0. The van der Waals surface area contributed by atoms with E-state index in [1.807, 2.05) is 0 Å². The number of halogens is 1. The number of carbonyl (C=O) groups excluding carboxylic acids is 2. The van der Waals surface area contributed by atoms with Crippen LogP contribution in [0.15, 0.2) is 12.1 Å². The summed E-state index contributed by atoms with van der Waals surface area (Å²) < 4.78 is 27.4. The molecular formula is C17H27ClN4O4S2. The van der Waals surface area contributed by atoms with E-state index < -0.39 is 15.9 Å². The van der Waals surface area contributed by atoms with Gasteiger partial charge in [0.05, 0.1) is 21.5 Å². The van der Waals surface area contributed by atoms with E-state index in [1.165, 1.54) is 4.31 Å². The molecule has 1 aromatic heterocycles. The van der Waals surface area contributed by atoms with Crippen molar-refractivity contribution in [1.82, 2.24) is 14.5 Å². The SMILES string of the molecule is CC(C)N1CCC(N(CC(N)=O)S(=O)(=O)CCNC(=O)c2ccc(Cl)s2)CC1. The minimum atomic E-state index is -3.75. The van der Waals surface area contributed by atoms with Crippen molar-refractivity contribution in [2.45, 2.75) is 38.8 Å². The Kier molecular flexibility index (Phi) is 8.26. The average Bonchev–Trinajstić information content (AvgIpc) is 3.06. The van der Waals surface area contributed by atoms with E-state index in [2.05, 4.69) is 24.1 Å². The van der Waals surface area contributed by atoms with E-state index >= 15 is 0 Å². The van der Waals surface area contributed by atoms with Crippen molar-refractivity contribution in [3.63, 3.8) is 0 Å². The predicted octanol–water partition coefficient (Wildman–Crippen LogP) is 1.12. The Morgan fingerprint density at radius 1 is 1.36 bits per heavy atom. The van der Waals surface area contributed by atoms with Crippen molar-refractivity contribution < 1.29 is 18.0 Å². The van der Waals surface area contributed by atoms with Gasteiger partial charge in [-0.3, -0.25) is 9.59 Å². The maximum absolute atomic E-state index is 12.8. The van der Waals surface area contributed by atoms with Gasteiger partial charge >= 0.3 is 0 Å². The van der Waals surface area contributed by atoms with E-state index in [0.29, 0.717) is 28.1 Å². The molecule has 0 bridgehead atoms. The Labute approximate surface area is 175 Å². The van der Waals surface area contributed by atoms with E-state index in [9.17, 15) is 18.0 Å². The van der Waals surface area contributed by atoms with Crippen LogP contribution < -0.4 is 11.1 Å². The lowest BCUT2D eigenvalue weighted by Gasteiger charge is -2.39. The summed E-state index contributed by atoms with van der Waals surface area (Å²) in [4.78, 5) is 26.2. The first-order chi connectivity index (χ1) is 13.1. The number of amides is 2. The van der Waals surface area contributed by atoms with Crippen LogP contribution in [0.4, 0.5) is 0 Å².